The molecule has 0 aliphatic heterocycles. The van der Waals surface area contributed by atoms with Gasteiger partial charge in [0.15, 0.2) is 0 Å². The minimum atomic E-state index is 0. The predicted octanol–water partition coefficient (Wildman–Crippen LogP) is 2.77. The van der Waals surface area contributed by atoms with Crippen molar-refractivity contribution in [1.82, 2.24) is 9.97 Å². The maximum absolute atomic E-state index is 5.78. The summed E-state index contributed by atoms with van der Waals surface area (Å²) in [5.74, 6) is 0.919. The van der Waals surface area contributed by atoms with Gasteiger partial charge in [0.1, 0.15) is 5.82 Å². The Kier molecular flexibility index (Phi) is 1.36. The zero-order valence-corrected chi connectivity index (χ0v) is 6.81. The van der Waals surface area contributed by atoms with E-state index >= 15 is 0 Å². The van der Waals surface area contributed by atoms with Gasteiger partial charge in [-0.1, -0.05) is 11.6 Å². The summed E-state index contributed by atoms with van der Waals surface area (Å²) in [5, 5.41) is 0.737. The Bertz CT molecular complexity index is 397. The fraction of sp³-hybridized carbons (Fsp3) is 0.125. The number of H-pyrrole nitrogens is 1. The predicted molar refractivity (Wildman–Crippen MR) is 48.0 cm³/mol. The van der Waals surface area contributed by atoms with Gasteiger partial charge in [-0.15, -0.1) is 0 Å². The molecule has 0 aliphatic carbocycles. The molecule has 2 rings (SSSR count). The van der Waals surface area contributed by atoms with Gasteiger partial charge < -0.3 is 4.98 Å². The standard InChI is InChI=1S/C8H7ClN2.H2/c1-5-10-7-3-2-6(9)4-8(7)11-5;/h2-4H,1H3,(H,10,11);1H. The minimum Gasteiger partial charge on any atom is -0.342 e. The highest BCUT2D eigenvalue weighted by molar-refractivity contribution is 6.31. The summed E-state index contributed by atoms with van der Waals surface area (Å²) in [4.78, 5) is 7.34. The second-order valence-corrected chi connectivity index (χ2v) is 2.92. The number of imidazole rings is 1. The van der Waals surface area contributed by atoms with Gasteiger partial charge in [0.2, 0.25) is 0 Å². The van der Waals surface area contributed by atoms with Crippen LogP contribution in [0.3, 0.4) is 0 Å². The van der Waals surface area contributed by atoms with Crippen molar-refractivity contribution in [2.75, 3.05) is 0 Å². The first-order chi connectivity index (χ1) is 5.25. The quantitative estimate of drug-likeness (QED) is 0.644. The number of rotatable bonds is 0. The molecule has 0 bridgehead atoms. The molecule has 1 heterocycles. The number of nitrogens with zero attached hydrogens (tertiary/aromatic N) is 1. The minimum absolute atomic E-state index is 0. The van der Waals surface area contributed by atoms with Crippen LogP contribution < -0.4 is 0 Å². The molecule has 0 amide bonds. The van der Waals surface area contributed by atoms with Crippen LogP contribution in [0, 0.1) is 6.92 Å². The molecule has 58 valence electrons. The molecule has 0 spiro atoms. The zero-order chi connectivity index (χ0) is 7.84. The van der Waals surface area contributed by atoms with Gasteiger partial charge in [0, 0.05) is 6.45 Å². The Labute approximate surface area is 70.7 Å². The number of aromatic amines is 1. The highest BCUT2D eigenvalue weighted by Crippen LogP contribution is 2.16. The van der Waals surface area contributed by atoms with Crippen molar-refractivity contribution in [3.63, 3.8) is 0 Å². The number of aryl methyl sites for hydroxylation is 1. The number of aromatic nitrogens is 2. The topological polar surface area (TPSA) is 28.7 Å². The van der Waals surface area contributed by atoms with Crippen LogP contribution >= 0.6 is 11.6 Å². The van der Waals surface area contributed by atoms with E-state index < -0.39 is 0 Å². The SMILES string of the molecule is Cc1nc2ccc(Cl)cc2[nH]1.[HH]. The summed E-state index contributed by atoms with van der Waals surface area (Å²) in [5.41, 5.74) is 1.96. The van der Waals surface area contributed by atoms with Crippen LogP contribution in [0.5, 0.6) is 0 Å². The summed E-state index contributed by atoms with van der Waals surface area (Å²) >= 11 is 5.78. The van der Waals surface area contributed by atoms with Crippen LogP contribution in [-0.2, 0) is 0 Å². The summed E-state index contributed by atoms with van der Waals surface area (Å²) in [7, 11) is 0. The largest absolute Gasteiger partial charge is 0.342 e. The molecule has 1 aromatic heterocycles. The Balaban J connectivity index is 0.000000720. The third kappa shape index (κ3) is 1.10. The first kappa shape index (κ1) is 6.68. The van der Waals surface area contributed by atoms with E-state index in [1.165, 1.54) is 0 Å². The third-order valence-electron chi connectivity index (χ3n) is 1.56. The highest BCUT2D eigenvalue weighted by atomic mass is 35.5. The maximum Gasteiger partial charge on any atom is 0.104 e. The Morgan fingerprint density at radius 3 is 3.18 bits per heavy atom. The van der Waals surface area contributed by atoms with Gasteiger partial charge in [-0.3, -0.25) is 0 Å². The summed E-state index contributed by atoms with van der Waals surface area (Å²) < 4.78 is 0. The van der Waals surface area contributed by atoms with Crippen molar-refractivity contribution in [3.05, 3.63) is 29.0 Å². The number of hydrogen-bond acceptors (Lipinski definition) is 1. The Morgan fingerprint density at radius 1 is 1.55 bits per heavy atom. The number of fused-ring (bicyclic) bond motifs is 1. The lowest BCUT2D eigenvalue weighted by Gasteiger charge is -1.87. The van der Waals surface area contributed by atoms with Crippen LogP contribution in [0.15, 0.2) is 18.2 Å². The molecule has 11 heavy (non-hydrogen) atoms. The Hall–Kier alpha value is -1.02. The second-order valence-electron chi connectivity index (χ2n) is 2.48. The Morgan fingerprint density at radius 2 is 2.36 bits per heavy atom. The van der Waals surface area contributed by atoms with Gasteiger partial charge in [-0.05, 0) is 25.1 Å². The summed E-state index contributed by atoms with van der Waals surface area (Å²) in [6, 6.07) is 5.61. The van der Waals surface area contributed by atoms with E-state index in [2.05, 4.69) is 9.97 Å². The van der Waals surface area contributed by atoms with E-state index in [0.717, 1.165) is 21.9 Å². The summed E-state index contributed by atoms with van der Waals surface area (Å²) in [6.45, 7) is 1.92. The van der Waals surface area contributed by atoms with E-state index in [1.54, 1.807) is 0 Å². The fourth-order valence-corrected chi connectivity index (χ4v) is 1.28. The van der Waals surface area contributed by atoms with Crippen molar-refractivity contribution in [3.8, 4) is 0 Å². The molecule has 2 nitrogen and oxygen atoms in total. The van der Waals surface area contributed by atoms with Gasteiger partial charge in [0.25, 0.3) is 0 Å². The van der Waals surface area contributed by atoms with Crippen LogP contribution in [0.1, 0.15) is 7.25 Å². The first-order valence-electron chi connectivity index (χ1n) is 3.37. The van der Waals surface area contributed by atoms with Gasteiger partial charge >= 0.3 is 0 Å². The molecule has 0 atom stereocenters. The number of halogens is 1. The van der Waals surface area contributed by atoms with Crippen molar-refractivity contribution >= 4 is 22.6 Å². The number of nitrogens with one attached hydrogen (secondary N) is 1. The van der Waals surface area contributed by atoms with E-state index in [0.29, 0.717) is 0 Å². The third-order valence-corrected chi connectivity index (χ3v) is 1.80. The average Bonchev–Trinajstić information content (AvgIpc) is 2.27. The molecule has 0 aliphatic rings. The van der Waals surface area contributed by atoms with Gasteiger partial charge in [-0.25, -0.2) is 4.98 Å². The molecule has 2 aromatic rings. The molecular weight excluding hydrogens is 160 g/mol. The summed E-state index contributed by atoms with van der Waals surface area (Å²) in [6.07, 6.45) is 0. The van der Waals surface area contributed by atoms with Crippen molar-refractivity contribution in [2.24, 2.45) is 0 Å². The van der Waals surface area contributed by atoms with Crippen molar-refractivity contribution in [1.29, 1.82) is 0 Å². The number of hydrogen-bond donors (Lipinski definition) is 1. The van der Waals surface area contributed by atoms with Crippen LogP contribution in [0.2, 0.25) is 5.02 Å². The van der Waals surface area contributed by atoms with E-state index in [-0.39, 0.29) is 1.43 Å². The molecule has 0 saturated carbocycles. The first-order valence-corrected chi connectivity index (χ1v) is 3.75. The highest BCUT2D eigenvalue weighted by Gasteiger charge is 1.97. The van der Waals surface area contributed by atoms with Crippen LogP contribution in [-0.4, -0.2) is 9.97 Å². The van der Waals surface area contributed by atoms with Crippen molar-refractivity contribution < 1.29 is 1.43 Å². The maximum atomic E-state index is 5.78. The smallest absolute Gasteiger partial charge is 0.104 e. The van der Waals surface area contributed by atoms with E-state index in [9.17, 15) is 0 Å². The molecule has 0 saturated heterocycles. The molecule has 1 N–H and O–H groups in total. The van der Waals surface area contributed by atoms with Gasteiger partial charge in [0.05, 0.1) is 11.0 Å². The molecular formula is C8H9ClN2. The molecule has 3 heteroatoms. The second kappa shape index (κ2) is 2.24. The van der Waals surface area contributed by atoms with Crippen molar-refractivity contribution in [2.45, 2.75) is 6.92 Å². The average molecular weight is 169 g/mol. The zero-order valence-electron chi connectivity index (χ0n) is 6.06. The van der Waals surface area contributed by atoms with E-state index in [1.807, 2.05) is 25.1 Å². The van der Waals surface area contributed by atoms with Gasteiger partial charge in [-0.2, -0.15) is 0 Å². The fourth-order valence-electron chi connectivity index (χ4n) is 1.11. The van der Waals surface area contributed by atoms with E-state index in [4.69, 9.17) is 11.6 Å². The lowest BCUT2D eigenvalue weighted by Crippen LogP contribution is -1.68. The van der Waals surface area contributed by atoms with Crippen LogP contribution in [0.4, 0.5) is 0 Å². The van der Waals surface area contributed by atoms with Crippen LogP contribution in [0.25, 0.3) is 11.0 Å². The normalized spacial score (nSPS) is 10.7. The molecule has 0 radical (unpaired) electrons. The molecule has 0 unspecified atom stereocenters. The number of benzene rings is 1. The molecule has 0 fully saturated rings. The molecule has 1 aromatic carbocycles. The monoisotopic (exact) mass is 168 g/mol. The lowest BCUT2D eigenvalue weighted by atomic mass is 10.3. The lowest BCUT2D eigenvalue weighted by molar-refractivity contribution is 1.17.